The molecule has 0 N–H and O–H groups in total. The first-order valence-corrected chi connectivity index (χ1v) is 6.89. The topological polar surface area (TPSA) is 22.4 Å². The van der Waals surface area contributed by atoms with Crippen LogP contribution in [0.5, 0.6) is 5.75 Å². The highest BCUT2D eigenvalue weighted by Crippen LogP contribution is 2.33. The molecule has 0 radical (unpaired) electrons. The van der Waals surface area contributed by atoms with Crippen molar-refractivity contribution in [2.24, 2.45) is 0 Å². The van der Waals surface area contributed by atoms with Crippen LogP contribution in [0.4, 0.5) is 0 Å². The van der Waals surface area contributed by atoms with Gasteiger partial charge in [0.15, 0.2) is 0 Å². The Morgan fingerprint density at radius 1 is 1.05 bits per heavy atom. The molecule has 1 aromatic heterocycles. The van der Waals surface area contributed by atoms with Crippen LogP contribution in [0.3, 0.4) is 0 Å². The number of rotatable bonds is 3. The zero-order chi connectivity index (χ0) is 13.2. The van der Waals surface area contributed by atoms with Crippen molar-refractivity contribution < 1.29 is 9.15 Å². The maximum Gasteiger partial charge on any atom is 0.146 e. The normalized spacial score (nSPS) is 10.8. The minimum Gasteiger partial charge on any atom is -0.484 e. The quantitative estimate of drug-likeness (QED) is 0.672. The smallest absolute Gasteiger partial charge is 0.146 e. The largest absolute Gasteiger partial charge is 0.484 e. The van der Waals surface area contributed by atoms with E-state index in [1.165, 1.54) is 5.39 Å². The second-order valence-electron chi connectivity index (χ2n) is 4.40. The third kappa shape index (κ3) is 2.51. The fourth-order valence-electron chi connectivity index (χ4n) is 2.04. The summed E-state index contributed by atoms with van der Waals surface area (Å²) >= 11 is 3.60. The van der Waals surface area contributed by atoms with E-state index in [4.69, 9.17) is 9.15 Å². The monoisotopic (exact) mass is 316 g/mol. The van der Waals surface area contributed by atoms with Crippen LogP contribution in [0, 0.1) is 6.92 Å². The fraction of sp³-hybridized carbons (Fsp3) is 0.125. The Labute approximate surface area is 120 Å². The maximum absolute atomic E-state index is 5.80. The Bertz CT molecular complexity index is 716. The molecule has 0 unspecified atom stereocenters. The van der Waals surface area contributed by atoms with Crippen molar-refractivity contribution >= 4 is 26.7 Å². The lowest BCUT2D eigenvalue weighted by atomic mass is 10.1. The lowest BCUT2D eigenvalue weighted by molar-refractivity contribution is 0.266. The minimum absolute atomic E-state index is 0.435. The Morgan fingerprint density at radius 2 is 1.89 bits per heavy atom. The van der Waals surface area contributed by atoms with Crippen LogP contribution in [-0.4, -0.2) is 0 Å². The van der Waals surface area contributed by atoms with Gasteiger partial charge < -0.3 is 9.15 Å². The van der Waals surface area contributed by atoms with Gasteiger partial charge in [-0.2, -0.15) is 0 Å². The predicted octanol–water partition coefficient (Wildman–Crippen LogP) is 5.08. The molecule has 0 fully saturated rings. The van der Waals surface area contributed by atoms with E-state index in [0.29, 0.717) is 6.61 Å². The lowest BCUT2D eigenvalue weighted by Crippen LogP contribution is -1.94. The molecule has 3 heteroatoms. The summed E-state index contributed by atoms with van der Waals surface area (Å²) in [5.41, 5.74) is 0. The number of ether oxygens (including phenoxy) is 1. The molecule has 3 rings (SSSR count). The van der Waals surface area contributed by atoms with E-state index < -0.39 is 0 Å². The van der Waals surface area contributed by atoms with E-state index in [0.717, 1.165) is 27.1 Å². The number of furan rings is 1. The summed E-state index contributed by atoms with van der Waals surface area (Å²) in [6.45, 7) is 2.36. The van der Waals surface area contributed by atoms with Gasteiger partial charge in [-0.3, -0.25) is 0 Å². The van der Waals surface area contributed by atoms with Gasteiger partial charge in [0.05, 0.1) is 4.47 Å². The molecule has 3 aromatic rings. The van der Waals surface area contributed by atoms with Gasteiger partial charge in [-0.05, 0) is 51.8 Å². The Balaban J connectivity index is 1.87. The zero-order valence-corrected chi connectivity index (χ0v) is 12.1. The highest BCUT2D eigenvalue weighted by atomic mass is 79.9. The van der Waals surface area contributed by atoms with Crippen molar-refractivity contribution in [1.82, 2.24) is 0 Å². The zero-order valence-electron chi connectivity index (χ0n) is 10.5. The molecule has 0 aliphatic carbocycles. The van der Waals surface area contributed by atoms with Gasteiger partial charge >= 0.3 is 0 Å². The molecule has 96 valence electrons. The van der Waals surface area contributed by atoms with Crippen LogP contribution >= 0.6 is 15.9 Å². The first kappa shape index (κ1) is 12.3. The van der Waals surface area contributed by atoms with Crippen LogP contribution in [0.25, 0.3) is 10.8 Å². The summed E-state index contributed by atoms with van der Waals surface area (Å²) in [7, 11) is 0. The van der Waals surface area contributed by atoms with Gasteiger partial charge in [-0.25, -0.2) is 0 Å². The molecule has 0 bridgehead atoms. The summed E-state index contributed by atoms with van der Waals surface area (Å²) in [5.74, 6) is 2.56. The molecular weight excluding hydrogens is 304 g/mol. The van der Waals surface area contributed by atoms with E-state index in [9.17, 15) is 0 Å². The second-order valence-corrected chi connectivity index (χ2v) is 5.19. The molecule has 1 heterocycles. The standard InChI is InChI=1S/C16H13BrO2/c1-11-6-8-13(19-11)10-18-15-9-7-12-4-2-3-5-14(12)16(15)17/h2-9H,10H2,1H3. The second kappa shape index (κ2) is 5.10. The molecule has 0 aliphatic rings. The number of benzene rings is 2. The van der Waals surface area contributed by atoms with Crippen LogP contribution in [0.15, 0.2) is 57.4 Å². The lowest BCUT2D eigenvalue weighted by Gasteiger charge is -2.09. The van der Waals surface area contributed by atoms with E-state index in [1.54, 1.807) is 0 Å². The van der Waals surface area contributed by atoms with Crippen molar-refractivity contribution in [2.75, 3.05) is 0 Å². The van der Waals surface area contributed by atoms with Crippen LogP contribution in [-0.2, 0) is 6.61 Å². The van der Waals surface area contributed by atoms with Crippen molar-refractivity contribution in [3.63, 3.8) is 0 Å². The van der Waals surface area contributed by atoms with Crippen LogP contribution < -0.4 is 4.74 Å². The molecule has 0 amide bonds. The van der Waals surface area contributed by atoms with Gasteiger partial charge in [-0.1, -0.05) is 30.3 Å². The molecule has 0 atom stereocenters. The number of halogens is 1. The van der Waals surface area contributed by atoms with Crippen molar-refractivity contribution in [3.05, 3.63) is 64.5 Å². The SMILES string of the molecule is Cc1ccc(COc2ccc3ccccc3c2Br)o1. The van der Waals surface area contributed by atoms with E-state index in [2.05, 4.69) is 34.1 Å². The summed E-state index contributed by atoms with van der Waals surface area (Å²) in [5, 5.41) is 2.34. The van der Waals surface area contributed by atoms with Crippen LogP contribution in [0.2, 0.25) is 0 Å². The Kier molecular flexibility index (Phi) is 3.30. The molecular formula is C16H13BrO2. The van der Waals surface area contributed by atoms with Gasteiger partial charge in [-0.15, -0.1) is 0 Å². The average molecular weight is 317 g/mol. The molecule has 19 heavy (non-hydrogen) atoms. The van der Waals surface area contributed by atoms with E-state index in [-0.39, 0.29) is 0 Å². The molecule has 0 saturated heterocycles. The molecule has 2 nitrogen and oxygen atoms in total. The average Bonchev–Trinajstić information content (AvgIpc) is 2.84. The summed E-state index contributed by atoms with van der Waals surface area (Å²) in [6, 6.07) is 16.1. The Morgan fingerprint density at radius 3 is 2.68 bits per heavy atom. The van der Waals surface area contributed by atoms with Gasteiger partial charge in [0.25, 0.3) is 0 Å². The van der Waals surface area contributed by atoms with Gasteiger partial charge in [0.1, 0.15) is 23.9 Å². The van der Waals surface area contributed by atoms with Crippen molar-refractivity contribution in [1.29, 1.82) is 0 Å². The maximum atomic E-state index is 5.80. The van der Waals surface area contributed by atoms with Crippen molar-refractivity contribution in [2.45, 2.75) is 13.5 Å². The molecule has 2 aromatic carbocycles. The first-order chi connectivity index (χ1) is 9.24. The van der Waals surface area contributed by atoms with Gasteiger partial charge in [0, 0.05) is 0 Å². The van der Waals surface area contributed by atoms with Gasteiger partial charge in [0.2, 0.25) is 0 Å². The number of aryl methyl sites for hydroxylation is 1. The third-order valence-electron chi connectivity index (χ3n) is 2.99. The van der Waals surface area contributed by atoms with Crippen molar-refractivity contribution in [3.8, 4) is 5.75 Å². The fourth-order valence-corrected chi connectivity index (χ4v) is 2.64. The summed E-state index contributed by atoms with van der Waals surface area (Å²) < 4.78 is 12.3. The number of hydrogen-bond acceptors (Lipinski definition) is 2. The first-order valence-electron chi connectivity index (χ1n) is 6.09. The number of fused-ring (bicyclic) bond motifs is 1. The minimum atomic E-state index is 0.435. The number of hydrogen-bond donors (Lipinski definition) is 0. The molecule has 0 aliphatic heterocycles. The van der Waals surface area contributed by atoms with E-state index >= 15 is 0 Å². The Hall–Kier alpha value is -1.74. The van der Waals surface area contributed by atoms with Crippen LogP contribution in [0.1, 0.15) is 11.5 Å². The summed E-state index contributed by atoms with van der Waals surface area (Å²) in [4.78, 5) is 0. The highest BCUT2D eigenvalue weighted by molar-refractivity contribution is 9.10. The van der Waals surface area contributed by atoms with E-state index in [1.807, 2.05) is 37.3 Å². The molecule has 0 saturated carbocycles. The highest BCUT2D eigenvalue weighted by Gasteiger charge is 2.07. The molecule has 0 spiro atoms. The third-order valence-corrected chi connectivity index (χ3v) is 3.81. The predicted molar refractivity (Wildman–Crippen MR) is 79.4 cm³/mol. The summed E-state index contributed by atoms with van der Waals surface area (Å²) in [6.07, 6.45) is 0.